The van der Waals surface area contributed by atoms with Gasteiger partial charge in [-0.3, -0.25) is 4.79 Å². The standard InChI is InChI=1S/C13H19ClN2O.ClH/c1-8(2)12(15)13(17)16-9(3)10-5-4-6-11(14)7-10;/h4-9,12H,15H2,1-3H3,(H,16,17);1H. The van der Waals surface area contributed by atoms with Crippen LogP contribution in [0.25, 0.3) is 0 Å². The van der Waals surface area contributed by atoms with E-state index in [2.05, 4.69) is 5.32 Å². The molecule has 0 fully saturated rings. The van der Waals surface area contributed by atoms with Gasteiger partial charge >= 0.3 is 0 Å². The average Bonchev–Trinajstić information content (AvgIpc) is 2.27. The number of amides is 1. The smallest absolute Gasteiger partial charge is 0.237 e. The van der Waals surface area contributed by atoms with Crippen LogP contribution in [0.2, 0.25) is 5.02 Å². The highest BCUT2D eigenvalue weighted by molar-refractivity contribution is 6.30. The molecule has 0 saturated heterocycles. The molecule has 102 valence electrons. The van der Waals surface area contributed by atoms with Gasteiger partial charge in [0, 0.05) is 5.02 Å². The van der Waals surface area contributed by atoms with Gasteiger partial charge < -0.3 is 11.1 Å². The number of rotatable bonds is 4. The molecule has 3 nitrogen and oxygen atoms in total. The van der Waals surface area contributed by atoms with Gasteiger partial charge in [-0.15, -0.1) is 12.4 Å². The lowest BCUT2D eigenvalue weighted by Gasteiger charge is -2.20. The van der Waals surface area contributed by atoms with Crippen molar-refractivity contribution in [2.45, 2.75) is 32.9 Å². The Morgan fingerprint density at radius 3 is 2.44 bits per heavy atom. The van der Waals surface area contributed by atoms with Crippen molar-refractivity contribution in [2.24, 2.45) is 11.7 Å². The van der Waals surface area contributed by atoms with Gasteiger partial charge in [0.05, 0.1) is 12.1 Å². The van der Waals surface area contributed by atoms with Crippen LogP contribution in [0.15, 0.2) is 24.3 Å². The van der Waals surface area contributed by atoms with Crippen molar-refractivity contribution in [1.82, 2.24) is 5.32 Å². The van der Waals surface area contributed by atoms with Crippen molar-refractivity contribution in [3.63, 3.8) is 0 Å². The average molecular weight is 291 g/mol. The van der Waals surface area contributed by atoms with Gasteiger partial charge in [-0.05, 0) is 30.5 Å². The molecule has 0 aliphatic heterocycles. The van der Waals surface area contributed by atoms with E-state index in [-0.39, 0.29) is 30.3 Å². The topological polar surface area (TPSA) is 55.1 Å². The van der Waals surface area contributed by atoms with Crippen LogP contribution < -0.4 is 11.1 Å². The number of nitrogens with one attached hydrogen (secondary N) is 1. The Labute approximate surface area is 119 Å². The summed E-state index contributed by atoms with van der Waals surface area (Å²) in [5, 5.41) is 3.55. The minimum Gasteiger partial charge on any atom is -0.348 e. The summed E-state index contributed by atoms with van der Waals surface area (Å²) in [7, 11) is 0. The van der Waals surface area contributed by atoms with Crippen LogP contribution in [0.5, 0.6) is 0 Å². The maximum atomic E-state index is 11.8. The predicted octanol–water partition coefficient (Wildman–Crippen LogP) is 2.92. The molecule has 0 saturated carbocycles. The molecule has 2 unspecified atom stereocenters. The van der Waals surface area contributed by atoms with Gasteiger partial charge in [0.2, 0.25) is 5.91 Å². The zero-order chi connectivity index (χ0) is 13.0. The van der Waals surface area contributed by atoms with Crippen LogP contribution in [0.3, 0.4) is 0 Å². The van der Waals surface area contributed by atoms with Gasteiger partial charge in [0.15, 0.2) is 0 Å². The molecule has 0 bridgehead atoms. The molecule has 1 aromatic rings. The fourth-order valence-corrected chi connectivity index (χ4v) is 1.67. The van der Waals surface area contributed by atoms with E-state index in [0.717, 1.165) is 5.56 Å². The van der Waals surface area contributed by atoms with Crippen LogP contribution >= 0.6 is 24.0 Å². The number of carbonyl (C=O) groups excluding carboxylic acids is 1. The second-order valence-corrected chi connectivity index (χ2v) is 4.99. The van der Waals surface area contributed by atoms with Crippen LogP contribution in [0.1, 0.15) is 32.4 Å². The van der Waals surface area contributed by atoms with Crippen LogP contribution in [0.4, 0.5) is 0 Å². The monoisotopic (exact) mass is 290 g/mol. The molecule has 18 heavy (non-hydrogen) atoms. The lowest BCUT2D eigenvalue weighted by atomic mass is 10.0. The van der Waals surface area contributed by atoms with Gasteiger partial charge in [-0.1, -0.05) is 37.6 Å². The minimum atomic E-state index is -0.475. The van der Waals surface area contributed by atoms with Gasteiger partial charge in [-0.2, -0.15) is 0 Å². The van der Waals surface area contributed by atoms with Crippen LogP contribution in [-0.4, -0.2) is 11.9 Å². The highest BCUT2D eigenvalue weighted by Crippen LogP contribution is 2.17. The zero-order valence-electron chi connectivity index (χ0n) is 10.8. The molecular formula is C13H20Cl2N2O. The zero-order valence-corrected chi connectivity index (χ0v) is 12.4. The Hall–Kier alpha value is -0.770. The molecule has 0 aliphatic carbocycles. The second-order valence-electron chi connectivity index (χ2n) is 4.56. The van der Waals surface area contributed by atoms with Gasteiger partial charge in [-0.25, -0.2) is 0 Å². The van der Waals surface area contributed by atoms with E-state index in [0.29, 0.717) is 5.02 Å². The first-order valence-electron chi connectivity index (χ1n) is 5.73. The maximum Gasteiger partial charge on any atom is 0.237 e. The van der Waals surface area contributed by atoms with Crippen LogP contribution in [-0.2, 0) is 4.79 Å². The van der Waals surface area contributed by atoms with E-state index < -0.39 is 6.04 Å². The number of hydrogen-bond acceptors (Lipinski definition) is 2. The molecule has 3 N–H and O–H groups in total. The van der Waals surface area contributed by atoms with Crippen molar-refractivity contribution >= 4 is 29.9 Å². The molecule has 2 atom stereocenters. The fraction of sp³-hybridized carbons (Fsp3) is 0.462. The first-order chi connectivity index (χ1) is 7.91. The largest absolute Gasteiger partial charge is 0.348 e. The van der Waals surface area contributed by atoms with Gasteiger partial charge in [0.25, 0.3) is 0 Å². The number of halogens is 2. The quantitative estimate of drug-likeness (QED) is 0.896. The Kier molecular flexibility index (Phi) is 7.29. The second kappa shape index (κ2) is 7.62. The van der Waals surface area contributed by atoms with Crippen molar-refractivity contribution in [3.8, 4) is 0 Å². The summed E-state index contributed by atoms with van der Waals surface area (Å²) in [6.45, 7) is 5.76. The fourth-order valence-electron chi connectivity index (χ4n) is 1.47. The molecule has 1 aromatic carbocycles. The number of benzene rings is 1. The summed E-state index contributed by atoms with van der Waals surface area (Å²) >= 11 is 5.90. The van der Waals surface area contributed by atoms with Crippen molar-refractivity contribution in [2.75, 3.05) is 0 Å². The third-order valence-electron chi connectivity index (χ3n) is 2.73. The summed E-state index contributed by atoms with van der Waals surface area (Å²) in [5.41, 5.74) is 6.75. The molecular weight excluding hydrogens is 271 g/mol. The third kappa shape index (κ3) is 4.84. The van der Waals surface area contributed by atoms with E-state index in [4.69, 9.17) is 17.3 Å². The molecule has 0 spiro atoms. The Morgan fingerprint density at radius 2 is 1.94 bits per heavy atom. The van der Waals surface area contributed by atoms with Gasteiger partial charge in [0.1, 0.15) is 0 Å². The van der Waals surface area contributed by atoms with Crippen molar-refractivity contribution < 1.29 is 4.79 Å². The molecule has 5 heteroatoms. The van der Waals surface area contributed by atoms with Crippen LogP contribution in [0, 0.1) is 5.92 Å². The molecule has 1 rings (SSSR count). The summed E-state index contributed by atoms with van der Waals surface area (Å²) < 4.78 is 0. The number of nitrogens with two attached hydrogens (primary N) is 1. The first kappa shape index (κ1) is 17.2. The highest BCUT2D eigenvalue weighted by atomic mass is 35.5. The summed E-state index contributed by atoms with van der Waals surface area (Å²) in [6, 6.07) is 6.87. The third-order valence-corrected chi connectivity index (χ3v) is 2.96. The lowest BCUT2D eigenvalue weighted by Crippen LogP contribution is -2.44. The van der Waals surface area contributed by atoms with E-state index >= 15 is 0 Å². The molecule has 0 aliphatic rings. The summed E-state index contributed by atoms with van der Waals surface area (Å²) in [4.78, 5) is 11.8. The van der Waals surface area contributed by atoms with E-state index in [1.54, 1.807) is 6.07 Å². The Bertz CT molecular complexity index is 396. The van der Waals surface area contributed by atoms with E-state index in [1.165, 1.54) is 0 Å². The Balaban J connectivity index is 0.00000289. The van der Waals surface area contributed by atoms with E-state index in [9.17, 15) is 4.79 Å². The number of carbonyl (C=O) groups is 1. The molecule has 0 heterocycles. The summed E-state index contributed by atoms with van der Waals surface area (Å²) in [5.74, 6) is -0.00552. The highest BCUT2D eigenvalue weighted by Gasteiger charge is 2.19. The molecule has 1 amide bonds. The van der Waals surface area contributed by atoms with Crippen molar-refractivity contribution in [1.29, 1.82) is 0 Å². The normalized spacial score (nSPS) is 13.7. The molecule has 0 radical (unpaired) electrons. The minimum absolute atomic E-state index is 0. The first-order valence-corrected chi connectivity index (χ1v) is 6.11. The van der Waals surface area contributed by atoms with Crippen molar-refractivity contribution in [3.05, 3.63) is 34.9 Å². The SMILES string of the molecule is CC(NC(=O)C(N)C(C)C)c1cccc(Cl)c1.Cl. The maximum absolute atomic E-state index is 11.8. The molecule has 0 aromatic heterocycles. The Morgan fingerprint density at radius 1 is 1.33 bits per heavy atom. The lowest BCUT2D eigenvalue weighted by molar-refractivity contribution is -0.123. The predicted molar refractivity (Wildman–Crippen MR) is 78.1 cm³/mol. The summed E-state index contributed by atoms with van der Waals surface area (Å²) in [6.07, 6.45) is 0. The number of hydrogen-bond donors (Lipinski definition) is 2. The van der Waals surface area contributed by atoms with E-state index in [1.807, 2.05) is 39.0 Å².